The molecule has 0 fully saturated rings. The summed E-state index contributed by atoms with van der Waals surface area (Å²) in [5.41, 5.74) is 6.99. The quantitative estimate of drug-likeness (QED) is 0.337. The molecule has 0 spiro atoms. The van der Waals surface area contributed by atoms with Crippen LogP contribution in [0, 0.1) is 0 Å². The molecule has 1 heterocycles. The maximum absolute atomic E-state index is 14.1. The van der Waals surface area contributed by atoms with Crippen LogP contribution < -0.4 is 24.9 Å². The Kier molecular flexibility index (Phi) is 6.49. The first-order chi connectivity index (χ1) is 18.2. The van der Waals surface area contributed by atoms with Crippen LogP contribution in [0.1, 0.15) is 16.7 Å². The van der Waals surface area contributed by atoms with Crippen molar-refractivity contribution in [3.8, 4) is 0 Å². The fourth-order valence-electron chi connectivity index (χ4n) is 5.30. The molecule has 0 atom stereocenters. The van der Waals surface area contributed by atoms with Crippen molar-refractivity contribution in [2.24, 2.45) is 0 Å². The lowest BCUT2D eigenvalue weighted by molar-refractivity contribution is 0.252. The van der Waals surface area contributed by atoms with Gasteiger partial charge >= 0.3 is 6.03 Å². The van der Waals surface area contributed by atoms with Crippen LogP contribution in [0.2, 0.25) is 0 Å². The number of urea groups is 1. The first kappa shape index (κ1) is 25.2. The van der Waals surface area contributed by atoms with Crippen LogP contribution >= 0.6 is 0 Å². The van der Waals surface area contributed by atoms with Crippen molar-refractivity contribution in [1.82, 2.24) is 0 Å². The van der Waals surface area contributed by atoms with E-state index >= 15 is 0 Å². The van der Waals surface area contributed by atoms with E-state index in [4.69, 9.17) is 0 Å². The first-order valence-corrected chi connectivity index (χ1v) is 12.8. The molecule has 1 aliphatic rings. The van der Waals surface area contributed by atoms with E-state index in [1.807, 2.05) is 77.5 Å². The Balaban J connectivity index is 1.88. The maximum Gasteiger partial charge on any atom is 0.327 e. The van der Waals surface area contributed by atoms with Crippen LogP contribution in [0.3, 0.4) is 0 Å². The van der Waals surface area contributed by atoms with Crippen LogP contribution in [-0.2, 0) is 5.54 Å². The molecule has 0 bridgehead atoms. The molecule has 0 radical (unpaired) electrons. The van der Waals surface area contributed by atoms with E-state index in [9.17, 15) is 4.79 Å². The van der Waals surface area contributed by atoms with Crippen molar-refractivity contribution in [3.63, 3.8) is 0 Å². The Hall–Kier alpha value is -4.45. The lowest BCUT2D eigenvalue weighted by Gasteiger charge is -2.49. The van der Waals surface area contributed by atoms with Gasteiger partial charge in [0.2, 0.25) is 0 Å². The average molecular weight is 506 g/mol. The van der Waals surface area contributed by atoms with E-state index in [-0.39, 0.29) is 6.03 Å². The molecular formula is C32H35N5O. The Morgan fingerprint density at radius 3 is 1.55 bits per heavy atom. The number of nitrogens with zero attached hydrogens (tertiary/aromatic N) is 4. The van der Waals surface area contributed by atoms with Gasteiger partial charge in [-0.3, -0.25) is 4.90 Å². The van der Waals surface area contributed by atoms with Crippen LogP contribution in [-0.4, -0.2) is 48.3 Å². The van der Waals surface area contributed by atoms with E-state index in [0.29, 0.717) is 0 Å². The summed E-state index contributed by atoms with van der Waals surface area (Å²) in [6.07, 6.45) is 0. The van der Waals surface area contributed by atoms with Crippen LogP contribution in [0.15, 0.2) is 97.1 Å². The van der Waals surface area contributed by atoms with Gasteiger partial charge in [-0.05, 0) is 59.7 Å². The molecule has 4 aromatic carbocycles. The Morgan fingerprint density at radius 2 is 1.08 bits per heavy atom. The maximum atomic E-state index is 14.1. The summed E-state index contributed by atoms with van der Waals surface area (Å²) in [4.78, 5) is 22.3. The number of para-hydroxylation sites is 1. The number of fused-ring (bicyclic) bond motifs is 1. The minimum Gasteiger partial charge on any atom is -0.378 e. The monoisotopic (exact) mass is 505 g/mol. The molecule has 0 aromatic heterocycles. The van der Waals surface area contributed by atoms with Gasteiger partial charge in [0, 0.05) is 70.6 Å². The zero-order valence-electron chi connectivity index (χ0n) is 22.9. The number of hydrogen-bond acceptors (Lipinski definition) is 4. The average Bonchev–Trinajstić information content (AvgIpc) is 2.92. The second-order valence-electron chi connectivity index (χ2n) is 10.3. The largest absolute Gasteiger partial charge is 0.378 e. The second-order valence-corrected chi connectivity index (χ2v) is 10.3. The van der Waals surface area contributed by atoms with Gasteiger partial charge in [0.1, 0.15) is 5.54 Å². The topological polar surface area (TPSA) is 42.1 Å². The van der Waals surface area contributed by atoms with Crippen molar-refractivity contribution in [1.29, 1.82) is 0 Å². The minimum atomic E-state index is -0.903. The van der Waals surface area contributed by atoms with Gasteiger partial charge in [-0.2, -0.15) is 0 Å². The fourth-order valence-corrected chi connectivity index (χ4v) is 5.30. The number of amides is 2. The lowest BCUT2D eigenvalue weighted by Crippen LogP contribution is -2.56. The first-order valence-electron chi connectivity index (χ1n) is 12.8. The summed E-state index contributed by atoms with van der Waals surface area (Å²) in [6, 6.07) is 33.1. The molecule has 0 saturated carbocycles. The molecule has 0 saturated heterocycles. The molecule has 38 heavy (non-hydrogen) atoms. The summed E-state index contributed by atoms with van der Waals surface area (Å²) >= 11 is 0. The molecule has 0 unspecified atom stereocenters. The van der Waals surface area contributed by atoms with Gasteiger partial charge in [-0.15, -0.1) is 0 Å². The zero-order chi connectivity index (χ0) is 27.0. The van der Waals surface area contributed by atoms with Crippen molar-refractivity contribution in [2.75, 3.05) is 67.2 Å². The lowest BCUT2D eigenvalue weighted by atomic mass is 9.73. The normalized spacial score (nSPS) is 13.9. The fraction of sp³-hybridized carbons (Fsp3) is 0.219. The molecule has 0 aliphatic carbocycles. The number of anilines is 5. The number of rotatable bonds is 6. The Labute approximate surface area is 225 Å². The third kappa shape index (κ3) is 4.12. The summed E-state index contributed by atoms with van der Waals surface area (Å²) < 4.78 is 0. The van der Waals surface area contributed by atoms with E-state index in [1.54, 1.807) is 0 Å². The third-order valence-electron chi connectivity index (χ3n) is 7.31. The smallest absolute Gasteiger partial charge is 0.327 e. The van der Waals surface area contributed by atoms with Crippen molar-refractivity contribution in [2.45, 2.75) is 5.54 Å². The summed E-state index contributed by atoms with van der Waals surface area (Å²) in [5, 5.41) is 3.20. The highest BCUT2D eigenvalue weighted by Gasteiger charge is 2.50. The highest BCUT2D eigenvalue weighted by atomic mass is 16.2. The van der Waals surface area contributed by atoms with Gasteiger partial charge < -0.3 is 20.0 Å². The third-order valence-corrected chi connectivity index (χ3v) is 7.31. The number of hydrogen-bond donors (Lipinski definition) is 1. The van der Waals surface area contributed by atoms with Crippen molar-refractivity contribution >= 4 is 34.5 Å². The molecular weight excluding hydrogens is 470 g/mol. The van der Waals surface area contributed by atoms with Gasteiger partial charge in [-0.25, -0.2) is 4.79 Å². The standard InChI is InChI=1S/C32H35N5O/c1-34(2)25-16-12-23(13-17-25)32(24-14-18-26(19-15-24)35(3)4)29-21-20-28(36(5)6)22-30(29)33-31(38)37(32)27-10-8-7-9-11-27/h7-22H,1-6H3,(H,33,38). The molecule has 1 aliphatic heterocycles. The van der Waals surface area contributed by atoms with E-state index in [2.05, 4.69) is 86.7 Å². The van der Waals surface area contributed by atoms with Gasteiger partial charge in [0.25, 0.3) is 0 Å². The highest BCUT2D eigenvalue weighted by molar-refractivity contribution is 6.08. The van der Waals surface area contributed by atoms with E-state index in [0.717, 1.165) is 45.1 Å². The molecule has 4 aromatic rings. The van der Waals surface area contributed by atoms with E-state index in [1.165, 1.54) is 0 Å². The predicted molar refractivity (Wildman–Crippen MR) is 160 cm³/mol. The Bertz CT molecular complexity index is 1380. The number of nitrogens with one attached hydrogen (secondary N) is 1. The molecule has 1 N–H and O–H groups in total. The molecule has 2 amide bonds. The number of carbonyl (C=O) groups excluding carboxylic acids is 1. The van der Waals surface area contributed by atoms with Crippen molar-refractivity contribution in [3.05, 3.63) is 114 Å². The molecule has 5 rings (SSSR count). The molecule has 194 valence electrons. The van der Waals surface area contributed by atoms with E-state index < -0.39 is 5.54 Å². The number of carbonyl (C=O) groups is 1. The predicted octanol–water partition coefficient (Wildman–Crippen LogP) is 6.23. The molecule has 6 nitrogen and oxygen atoms in total. The van der Waals surface area contributed by atoms with Gasteiger partial charge in [0.15, 0.2) is 0 Å². The van der Waals surface area contributed by atoms with Gasteiger partial charge in [0.05, 0.1) is 5.69 Å². The van der Waals surface area contributed by atoms with Crippen LogP contribution in [0.5, 0.6) is 0 Å². The number of benzene rings is 4. The molecule has 6 heteroatoms. The van der Waals surface area contributed by atoms with Crippen LogP contribution in [0.25, 0.3) is 0 Å². The zero-order valence-corrected chi connectivity index (χ0v) is 22.9. The minimum absolute atomic E-state index is 0.173. The highest BCUT2D eigenvalue weighted by Crippen LogP contribution is 2.51. The van der Waals surface area contributed by atoms with Gasteiger partial charge in [-0.1, -0.05) is 48.5 Å². The SMILES string of the molecule is CN(C)c1ccc(C2(c3ccc(N(C)C)cc3)c3ccc(N(C)C)cc3NC(=O)N2c2ccccc2)cc1. The summed E-state index contributed by atoms with van der Waals surface area (Å²) in [7, 11) is 12.2. The summed E-state index contributed by atoms with van der Waals surface area (Å²) in [5.74, 6) is 0. The van der Waals surface area contributed by atoms with Crippen molar-refractivity contribution < 1.29 is 4.79 Å². The summed E-state index contributed by atoms with van der Waals surface area (Å²) in [6.45, 7) is 0. The Morgan fingerprint density at radius 1 is 0.605 bits per heavy atom. The second kappa shape index (κ2) is 9.78. The van der Waals surface area contributed by atoms with Crippen LogP contribution in [0.4, 0.5) is 33.2 Å².